The van der Waals surface area contributed by atoms with Crippen LogP contribution >= 0.6 is 0 Å². The maximum atomic E-state index is 11.9. The number of carbonyl (C=O) groups is 1. The first-order valence-corrected chi connectivity index (χ1v) is 8.90. The highest BCUT2D eigenvalue weighted by molar-refractivity contribution is 7.92. The van der Waals surface area contributed by atoms with Gasteiger partial charge in [-0.25, -0.2) is 13.2 Å². The van der Waals surface area contributed by atoms with Crippen LogP contribution in [0.5, 0.6) is 0 Å². The first-order chi connectivity index (χ1) is 10.8. The lowest BCUT2D eigenvalue weighted by atomic mass is 10.2. The van der Waals surface area contributed by atoms with Crippen LogP contribution in [0.15, 0.2) is 48.5 Å². The van der Waals surface area contributed by atoms with Crippen molar-refractivity contribution < 1.29 is 13.2 Å². The topological polar surface area (TPSA) is 87.3 Å². The standard InChI is InChI=1S/C16H19N3O3S/c1-12-8-9-14(10-15(12)19-23(2,21)22)18-16(20)17-11-13-6-4-3-5-7-13/h3-10,19H,11H2,1-2H3,(H2,17,18,20). The number of amides is 2. The molecule has 23 heavy (non-hydrogen) atoms. The van der Waals surface area contributed by atoms with Gasteiger partial charge in [0.05, 0.1) is 11.9 Å². The number of anilines is 2. The summed E-state index contributed by atoms with van der Waals surface area (Å²) in [5, 5.41) is 5.42. The molecule has 0 aromatic heterocycles. The van der Waals surface area contributed by atoms with Crippen molar-refractivity contribution in [1.29, 1.82) is 0 Å². The second-order valence-corrected chi connectivity index (χ2v) is 6.95. The Kier molecular flexibility index (Phi) is 5.23. The van der Waals surface area contributed by atoms with E-state index in [1.807, 2.05) is 30.3 Å². The molecule has 2 amide bonds. The van der Waals surface area contributed by atoms with Crippen molar-refractivity contribution in [3.05, 3.63) is 59.7 Å². The van der Waals surface area contributed by atoms with Crippen molar-refractivity contribution in [1.82, 2.24) is 5.32 Å². The summed E-state index contributed by atoms with van der Waals surface area (Å²) in [6.45, 7) is 2.19. The zero-order valence-corrected chi connectivity index (χ0v) is 13.8. The summed E-state index contributed by atoms with van der Waals surface area (Å²) in [5.74, 6) is 0. The molecule has 0 atom stereocenters. The molecule has 0 unspecified atom stereocenters. The molecule has 2 aromatic carbocycles. The quantitative estimate of drug-likeness (QED) is 0.786. The van der Waals surface area contributed by atoms with Gasteiger partial charge in [0.2, 0.25) is 10.0 Å². The molecule has 7 heteroatoms. The number of carbonyl (C=O) groups excluding carboxylic acids is 1. The van der Waals surface area contributed by atoms with Gasteiger partial charge in [-0.15, -0.1) is 0 Å². The van der Waals surface area contributed by atoms with E-state index in [4.69, 9.17) is 0 Å². The van der Waals surface area contributed by atoms with Gasteiger partial charge in [-0.05, 0) is 30.2 Å². The summed E-state index contributed by atoms with van der Waals surface area (Å²) in [6, 6.07) is 14.2. The largest absolute Gasteiger partial charge is 0.334 e. The maximum absolute atomic E-state index is 11.9. The molecule has 0 heterocycles. The summed E-state index contributed by atoms with van der Waals surface area (Å²) >= 11 is 0. The first kappa shape index (κ1) is 16.8. The van der Waals surface area contributed by atoms with Crippen molar-refractivity contribution in [3.63, 3.8) is 0 Å². The highest BCUT2D eigenvalue weighted by atomic mass is 32.2. The van der Waals surface area contributed by atoms with E-state index in [0.29, 0.717) is 17.9 Å². The highest BCUT2D eigenvalue weighted by Crippen LogP contribution is 2.21. The molecule has 0 saturated carbocycles. The second kappa shape index (κ2) is 7.15. The number of urea groups is 1. The summed E-state index contributed by atoms with van der Waals surface area (Å²) < 4.78 is 25.1. The summed E-state index contributed by atoms with van der Waals surface area (Å²) in [4.78, 5) is 11.9. The zero-order valence-electron chi connectivity index (χ0n) is 13.0. The zero-order chi connectivity index (χ0) is 16.9. The van der Waals surface area contributed by atoms with Crippen LogP contribution in [0.4, 0.5) is 16.2 Å². The number of benzene rings is 2. The molecule has 0 aliphatic rings. The Labute approximate surface area is 136 Å². The van der Waals surface area contributed by atoms with E-state index < -0.39 is 10.0 Å². The van der Waals surface area contributed by atoms with E-state index in [0.717, 1.165) is 17.4 Å². The Bertz CT molecular complexity index is 789. The lowest BCUT2D eigenvalue weighted by Crippen LogP contribution is -2.28. The Hall–Kier alpha value is -2.54. The third kappa shape index (κ3) is 5.63. The first-order valence-electron chi connectivity index (χ1n) is 7.01. The summed E-state index contributed by atoms with van der Waals surface area (Å²) in [7, 11) is -3.37. The molecule has 0 radical (unpaired) electrons. The van der Waals surface area contributed by atoms with Crippen molar-refractivity contribution in [2.45, 2.75) is 13.5 Å². The van der Waals surface area contributed by atoms with Crippen LogP contribution in [0, 0.1) is 6.92 Å². The molecule has 2 aromatic rings. The van der Waals surface area contributed by atoms with Crippen LogP contribution in [0.3, 0.4) is 0 Å². The molecule has 0 fully saturated rings. The Balaban J connectivity index is 1.99. The van der Waals surface area contributed by atoms with E-state index in [9.17, 15) is 13.2 Å². The van der Waals surface area contributed by atoms with Crippen LogP contribution in [-0.2, 0) is 16.6 Å². The molecule has 0 spiro atoms. The molecule has 0 aliphatic heterocycles. The minimum Gasteiger partial charge on any atom is -0.334 e. The van der Waals surface area contributed by atoms with Crippen LogP contribution in [-0.4, -0.2) is 20.7 Å². The molecule has 6 nitrogen and oxygen atoms in total. The lowest BCUT2D eigenvalue weighted by Gasteiger charge is -2.12. The highest BCUT2D eigenvalue weighted by Gasteiger charge is 2.08. The molecular formula is C16H19N3O3S. The fourth-order valence-corrected chi connectivity index (χ4v) is 2.58. The van der Waals surface area contributed by atoms with E-state index in [1.165, 1.54) is 0 Å². The summed E-state index contributed by atoms with van der Waals surface area (Å²) in [6.07, 6.45) is 1.08. The van der Waals surface area contributed by atoms with E-state index in [-0.39, 0.29) is 6.03 Å². The number of hydrogen-bond donors (Lipinski definition) is 3. The van der Waals surface area contributed by atoms with Gasteiger partial charge in [-0.3, -0.25) is 4.72 Å². The Morgan fingerprint density at radius 2 is 1.78 bits per heavy atom. The predicted molar refractivity (Wildman–Crippen MR) is 91.9 cm³/mol. The minimum absolute atomic E-state index is 0.358. The van der Waals surface area contributed by atoms with E-state index >= 15 is 0 Å². The van der Waals surface area contributed by atoms with Crippen LogP contribution in [0.1, 0.15) is 11.1 Å². The number of hydrogen-bond acceptors (Lipinski definition) is 3. The van der Waals surface area contributed by atoms with Gasteiger partial charge in [0.25, 0.3) is 0 Å². The fourth-order valence-electron chi connectivity index (χ4n) is 1.96. The minimum atomic E-state index is -3.37. The monoisotopic (exact) mass is 333 g/mol. The average Bonchev–Trinajstić information content (AvgIpc) is 2.48. The Morgan fingerprint density at radius 1 is 1.09 bits per heavy atom. The molecule has 0 bridgehead atoms. The third-order valence-electron chi connectivity index (χ3n) is 3.09. The Morgan fingerprint density at radius 3 is 2.43 bits per heavy atom. The number of aryl methyl sites for hydroxylation is 1. The van der Waals surface area contributed by atoms with Gasteiger partial charge < -0.3 is 10.6 Å². The third-order valence-corrected chi connectivity index (χ3v) is 3.68. The van der Waals surface area contributed by atoms with Gasteiger partial charge in [0.15, 0.2) is 0 Å². The van der Waals surface area contributed by atoms with Gasteiger partial charge in [-0.2, -0.15) is 0 Å². The molecule has 2 rings (SSSR count). The van der Waals surface area contributed by atoms with Crippen molar-refractivity contribution >= 4 is 27.4 Å². The number of nitrogens with one attached hydrogen (secondary N) is 3. The van der Waals surface area contributed by atoms with Gasteiger partial charge >= 0.3 is 6.03 Å². The maximum Gasteiger partial charge on any atom is 0.319 e. The second-order valence-electron chi connectivity index (χ2n) is 5.20. The molecule has 122 valence electrons. The fraction of sp³-hybridized carbons (Fsp3) is 0.188. The molecule has 3 N–H and O–H groups in total. The van der Waals surface area contributed by atoms with Gasteiger partial charge in [0.1, 0.15) is 0 Å². The van der Waals surface area contributed by atoms with Gasteiger partial charge in [0, 0.05) is 12.2 Å². The van der Waals surface area contributed by atoms with Crippen LogP contribution in [0.2, 0.25) is 0 Å². The lowest BCUT2D eigenvalue weighted by molar-refractivity contribution is 0.251. The van der Waals surface area contributed by atoms with Crippen molar-refractivity contribution in [2.24, 2.45) is 0 Å². The van der Waals surface area contributed by atoms with Crippen molar-refractivity contribution in [2.75, 3.05) is 16.3 Å². The molecule has 0 aliphatic carbocycles. The van der Waals surface area contributed by atoms with Crippen molar-refractivity contribution in [3.8, 4) is 0 Å². The van der Waals surface area contributed by atoms with Crippen LogP contribution in [0.25, 0.3) is 0 Å². The van der Waals surface area contributed by atoms with Gasteiger partial charge in [-0.1, -0.05) is 36.4 Å². The van der Waals surface area contributed by atoms with Crippen LogP contribution < -0.4 is 15.4 Å². The molecular weight excluding hydrogens is 314 g/mol. The van der Waals surface area contributed by atoms with E-state index in [2.05, 4.69) is 15.4 Å². The number of rotatable bonds is 5. The summed E-state index contributed by atoms with van der Waals surface area (Å²) in [5.41, 5.74) is 2.71. The molecule has 0 saturated heterocycles. The smallest absolute Gasteiger partial charge is 0.319 e. The number of sulfonamides is 1. The normalized spacial score (nSPS) is 10.9. The predicted octanol–water partition coefficient (Wildman–Crippen LogP) is 2.69. The average molecular weight is 333 g/mol. The SMILES string of the molecule is Cc1ccc(NC(=O)NCc2ccccc2)cc1NS(C)(=O)=O. The van der Waals surface area contributed by atoms with E-state index in [1.54, 1.807) is 25.1 Å².